The minimum atomic E-state index is -0.0335. The Labute approximate surface area is 137 Å². The van der Waals surface area contributed by atoms with Crippen LogP contribution in [0.1, 0.15) is 55.9 Å². The van der Waals surface area contributed by atoms with Gasteiger partial charge in [0.05, 0.1) is 0 Å². The van der Waals surface area contributed by atoms with Gasteiger partial charge < -0.3 is 10.2 Å². The summed E-state index contributed by atoms with van der Waals surface area (Å²) in [5.74, 6) is 1.41. The smallest absolute Gasteiger partial charge is 0.274 e. The number of carbonyl (C=O) groups excluding carboxylic acids is 2. The molecule has 6 heteroatoms. The van der Waals surface area contributed by atoms with Crippen LogP contribution in [0.3, 0.4) is 0 Å². The largest absolute Gasteiger partial charge is 0.337 e. The number of hydrogen-bond donors (Lipinski definition) is 1. The molecule has 1 aliphatic carbocycles. The minimum Gasteiger partial charge on any atom is -0.337 e. The van der Waals surface area contributed by atoms with E-state index in [1.807, 2.05) is 4.90 Å². The Balaban J connectivity index is 1.65. The van der Waals surface area contributed by atoms with E-state index in [0.717, 1.165) is 51.6 Å². The summed E-state index contributed by atoms with van der Waals surface area (Å²) in [5, 5.41) is 7.22. The van der Waals surface area contributed by atoms with Gasteiger partial charge >= 0.3 is 0 Å². The summed E-state index contributed by atoms with van der Waals surface area (Å²) in [4.78, 5) is 26.7. The maximum atomic E-state index is 12.6. The van der Waals surface area contributed by atoms with Crippen molar-refractivity contribution in [2.75, 3.05) is 18.4 Å². The minimum absolute atomic E-state index is 0.0335. The lowest BCUT2D eigenvalue weighted by Gasteiger charge is -2.29. The molecule has 0 atom stereocenters. The Morgan fingerprint density at radius 2 is 1.83 bits per heavy atom. The Hall–Kier alpha value is -1.85. The zero-order chi connectivity index (χ0) is 16.4. The number of rotatable bonds is 3. The van der Waals surface area contributed by atoms with Crippen molar-refractivity contribution in [3.63, 3.8) is 0 Å². The number of likely N-dealkylation sites (tertiary alicyclic amines) is 1. The molecule has 0 radical (unpaired) electrons. The number of aromatic nitrogens is 2. The standard InChI is InChI=1S/C17H26N4O2/c1-12-7-9-21(10-8-12)17(23)14-11-15(20(2)19-14)18-16(22)13-5-3-4-6-13/h11-13H,3-10H2,1-2H3,(H,18,22). The van der Waals surface area contributed by atoms with Crippen LogP contribution in [0, 0.1) is 11.8 Å². The molecule has 2 fully saturated rings. The van der Waals surface area contributed by atoms with Crippen LogP contribution < -0.4 is 5.32 Å². The van der Waals surface area contributed by atoms with Gasteiger partial charge in [-0.2, -0.15) is 5.10 Å². The molecule has 0 bridgehead atoms. The average molecular weight is 318 g/mol. The van der Waals surface area contributed by atoms with Gasteiger partial charge in [-0.3, -0.25) is 14.3 Å². The first-order valence-corrected chi connectivity index (χ1v) is 8.69. The lowest BCUT2D eigenvalue weighted by Crippen LogP contribution is -2.38. The van der Waals surface area contributed by atoms with Gasteiger partial charge in [0.2, 0.25) is 5.91 Å². The summed E-state index contributed by atoms with van der Waals surface area (Å²) in [6.45, 7) is 3.81. The summed E-state index contributed by atoms with van der Waals surface area (Å²) in [6, 6.07) is 1.70. The number of nitrogens with zero attached hydrogens (tertiary/aromatic N) is 3. The molecular weight excluding hydrogens is 292 g/mol. The highest BCUT2D eigenvalue weighted by molar-refractivity contribution is 5.96. The fourth-order valence-electron chi connectivity index (χ4n) is 3.48. The van der Waals surface area contributed by atoms with Crippen molar-refractivity contribution in [2.45, 2.75) is 45.4 Å². The summed E-state index contributed by atoms with van der Waals surface area (Å²) in [7, 11) is 1.76. The quantitative estimate of drug-likeness (QED) is 0.930. The Morgan fingerprint density at radius 3 is 2.48 bits per heavy atom. The predicted octanol–water partition coefficient (Wildman–Crippen LogP) is 2.42. The molecule has 1 aromatic rings. The molecule has 2 heterocycles. The summed E-state index contributed by atoms with van der Waals surface area (Å²) < 4.78 is 1.59. The van der Waals surface area contributed by atoms with Gasteiger partial charge in [-0.25, -0.2) is 0 Å². The van der Waals surface area contributed by atoms with Gasteiger partial charge in [0, 0.05) is 32.1 Å². The second-order valence-electron chi connectivity index (χ2n) is 6.98. The number of nitrogens with one attached hydrogen (secondary N) is 1. The van der Waals surface area contributed by atoms with Crippen molar-refractivity contribution >= 4 is 17.6 Å². The van der Waals surface area contributed by atoms with E-state index in [4.69, 9.17) is 0 Å². The molecule has 1 aromatic heterocycles. The second kappa shape index (κ2) is 6.72. The maximum Gasteiger partial charge on any atom is 0.274 e. The van der Waals surface area contributed by atoms with E-state index in [2.05, 4.69) is 17.3 Å². The highest BCUT2D eigenvalue weighted by Gasteiger charge is 2.26. The number of aryl methyl sites for hydroxylation is 1. The first-order chi connectivity index (χ1) is 11.0. The lowest BCUT2D eigenvalue weighted by atomic mass is 9.99. The van der Waals surface area contributed by atoms with E-state index in [0.29, 0.717) is 17.4 Å². The van der Waals surface area contributed by atoms with Crippen molar-refractivity contribution in [1.29, 1.82) is 0 Å². The van der Waals surface area contributed by atoms with Crippen LogP contribution in [-0.4, -0.2) is 39.6 Å². The van der Waals surface area contributed by atoms with Crippen LogP contribution in [0.4, 0.5) is 5.82 Å². The molecule has 0 spiro atoms. The van der Waals surface area contributed by atoms with Crippen LogP contribution in [0.2, 0.25) is 0 Å². The number of hydrogen-bond acceptors (Lipinski definition) is 3. The van der Waals surface area contributed by atoms with Crippen LogP contribution in [-0.2, 0) is 11.8 Å². The number of anilines is 1. The van der Waals surface area contributed by atoms with Gasteiger partial charge in [-0.15, -0.1) is 0 Å². The predicted molar refractivity (Wildman–Crippen MR) is 88.1 cm³/mol. The van der Waals surface area contributed by atoms with Crippen molar-refractivity contribution in [3.05, 3.63) is 11.8 Å². The Kier molecular flexibility index (Phi) is 4.68. The average Bonchev–Trinajstić information content (AvgIpc) is 3.18. The molecule has 0 aromatic carbocycles. The zero-order valence-electron chi connectivity index (χ0n) is 14.0. The van der Waals surface area contributed by atoms with Crippen LogP contribution in [0.15, 0.2) is 6.07 Å². The lowest BCUT2D eigenvalue weighted by molar-refractivity contribution is -0.119. The third-order valence-corrected chi connectivity index (χ3v) is 5.15. The molecule has 2 aliphatic rings. The highest BCUT2D eigenvalue weighted by atomic mass is 16.2. The van der Waals surface area contributed by atoms with Gasteiger partial charge in [0.25, 0.3) is 5.91 Å². The Bertz CT molecular complexity index is 581. The molecule has 1 saturated heterocycles. The first kappa shape index (κ1) is 16.0. The van der Waals surface area contributed by atoms with Crippen molar-refractivity contribution in [1.82, 2.24) is 14.7 Å². The topological polar surface area (TPSA) is 67.2 Å². The van der Waals surface area contributed by atoms with E-state index >= 15 is 0 Å². The normalized spacial score (nSPS) is 20.0. The molecule has 23 heavy (non-hydrogen) atoms. The number of carbonyl (C=O) groups is 2. The van der Waals surface area contributed by atoms with Crippen LogP contribution >= 0.6 is 0 Å². The Morgan fingerprint density at radius 1 is 1.17 bits per heavy atom. The highest BCUT2D eigenvalue weighted by Crippen LogP contribution is 2.26. The first-order valence-electron chi connectivity index (χ1n) is 8.69. The number of piperidine rings is 1. The van der Waals surface area contributed by atoms with Crippen molar-refractivity contribution < 1.29 is 9.59 Å². The van der Waals surface area contributed by atoms with E-state index in [1.54, 1.807) is 17.8 Å². The monoisotopic (exact) mass is 318 g/mol. The molecule has 1 N–H and O–H groups in total. The van der Waals surface area contributed by atoms with Gasteiger partial charge in [0.15, 0.2) is 5.69 Å². The second-order valence-corrected chi connectivity index (χ2v) is 6.98. The molecule has 0 unspecified atom stereocenters. The molecule has 126 valence electrons. The van der Waals surface area contributed by atoms with Gasteiger partial charge in [-0.05, 0) is 31.6 Å². The molecule has 1 aliphatic heterocycles. The van der Waals surface area contributed by atoms with E-state index in [-0.39, 0.29) is 17.7 Å². The molecule has 1 saturated carbocycles. The fraction of sp³-hybridized carbons (Fsp3) is 0.706. The van der Waals surface area contributed by atoms with E-state index in [1.165, 1.54) is 0 Å². The molecule has 6 nitrogen and oxygen atoms in total. The SMILES string of the molecule is CC1CCN(C(=O)c2cc(NC(=O)C3CCCC3)n(C)n2)CC1. The van der Waals surface area contributed by atoms with Crippen molar-refractivity contribution in [2.24, 2.45) is 18.9 Å². The molecular formula is C17H26N4O2. The number of amides is 2. The van der Waals surface area contributed by atoms with Crippen LogP contribution in [0.5, 0.6) is 0 Å². The summed E-state index contributed by atoms with van der Waals surface area (Å²) in [5.41, 5.74) is 0.420. The van der Waals surface area contributed by atoms with Crippen molar-refractivity contribution in [3.8, 4) is 0 Å². The third-order valence-electron chi connectivity index (χ3n) is 5.15. The zero-order valence-corrected chi connectivity index (χ0v) is 14.0. The summed E-state index contributed by atoms with van der Waals surface area (Å²) in [6.07, 6.45) is 6.26. The van der Waals surface area contributed by atoms with Gasteiger partial charge in [0.1, 0.15) is 5.82 Å². The maximum absolute atomic E-state index is 12.6. The van der Waals surface area contributed by atoms with E-state index < -0.39 is 0 Å². The summed E-state index contributed by atoms with van der Waals surface area (Å²) >= 11 is 0. The van der Waals surface area contributed by atoms with Gasteiger partial charge in [-0.1, -0.05) is 19.8 Å². The molecule has 3 rings (SSSR count). The third kappa shape index (κ3) is 3.57. The fourth-order valence-corrected chi connectivity index (χ4v) is 3.48. The van der Waals surface area contributed by atoms with E-state index in [9.17, 15) is 9.59 Å². The van der Waals surface area contributed by atoms with Crippen LogP contribution in [0.25, 0.3) is 0 Å². The molecule has 2 amide bonds.